The van der Waals surface area contributed by atoms with Crippen LogP contribution in [0.25, 0.3) is 5.69 Å². The van der Waals surface area contributed by atoms with Crippen molar-refractivity contribution >= 4 is 15.9 Å². The lowest BCUT2D eigenvalue weighted by Gasteiger charge is -2.10. The summed E-state index contributed by atoms with van der Waals surface area (Å²) in [7, 11) is 0. The molecule has 0 aliphatic heterocycles. The van der Waals surface area contributed by atoms with E-state index in [9.17, 15) is 0 Å². The second kappa shape index (κ2) is 7.18. The first kappa shape index (κ1) is 14.7. The average molecular weight is 358 g/mol. The van der Waals surface area contributed by atoms with Gasteiger partial charge in [0.25, 0.3) is 0 Å². The molecule has 2 aromatic carbocycles. The molecule has 0 spiro atoms. The minimum absolute atomic E-state index is 0.502. The second-order valence-electron chi connectivity index (χ2n) is 4.71. The van der Waals surface area contributed by atoms with Crippen LogP contribution in [0, 0.1) is 0 Å². The number of benzene rings is 2. The van der Waals surface area contributed by atoms with Crippen LogP contribution in [-0.4, -0.2) is 17.8 Å². The zero-order valence-corrected chi connectivity index (χ0v) is 13.6. The number of rotatable bonds is 6. The highest BCUT2D eigenvalue weighted by Crippen LogP contribution is 2.23. The molecule has 22 heavy (non-hydrogen) atoms. The van der Waals surface area contributed by atoms with Crippen molar-refractivity contribution in [1.82, 2.24) is 4.57 Å². The number of ether oxygens (including phenoxy) is 2. The summed E-state index contributed by atoms with van der Waals surface area (Å²) in [5.74, 6) is 1.67. The van der Waals surface area contributed by atoms with Crippen LogP contribution in [0.5, 0.6) is 11.5 Å². The first-order chi connectivity index (χ1) is 10.8. The van der Waals surface area contributed by atoms with E-state index >= 15 is 0 Å². The third kappa shape index (κ3) is 3.71. The van der Waals surface area contributed by atoms with Gasteiger partial charge in [0.05, 0.1) is 4.47 Å². The fraction of sp³-hybridized carbons (Fsp3) is 0.111. The Balaban J connectivity index is 1.49. The first-order valence-corrected chi connectivity index (χ1v) is 7.86. The Morgan fingerprint density at radius 1 is 0.773 bits per heavy atom. The van der Waals surface area contributed by atoms with Crippen molar-refractivity contribution in [3.63, 3.8) is 0 Å². The molecule has 0 radical (unpaired) electrons. The SMILES string of the molecule is Brc1ccccc1OCCOc1ccc(-n2cccc2)cc1. The zero-order valence-electron chi connectivity index (χ0n) is 12.0. The van der Waals surface area contributed by atoms with E-state index < -0.39 is 0 Å². The average Bonchev–Trinajstić information content (AvgIpc) is 3.08. The molecule has 3 rings (SSSR count). The van der Waals surface area contributed by atoms with Crippen molar-refractivity contribution < 1.29 is 9.47 Å². The molecule has 0 aliphatic rings. The Bertz CT molecular complexity index is 708. The van der Waals surface area contributed by atoms with Gasteiger partial charge in [-0.15, -0.1) is 0 Å². The van der Waals surface area contributed by atoms with E-state index in [-0.39, 0.29) is 0 Å². The summed E-state index contributed by atoms with van der Waals surface area (Å²) in [6, 6.07) is 19.8. The van der Waals surface area contributed by atoms with Crippen molar-refractivity contribution in [1.29, 1.82) is 0 Å². The number of halogens is 1. The van der Waals surface area contributed by atoms with Gasteiger partial charge in [0, 0.05) is 18.1 Å². The number of para-hydroxylation sites is 1. The lowest BCUT2D eigenvalue weighted by molar-refractivity contribution is 0.216. The van der Waals surface area contributed by atoms with Crippen LogP contribution in [0.4, 0.5) is 0 Å². The van der Waals surface area contributed by atoms with Gasteiger partial charge in [-0.3, -0.25) is 0 Å². The summed E-state index contributed by atoms with van der Waals surface area (Å²) in [6.45, 7) is 1.01. The third-order valence-corrected chi connectivity index (χ3v) is 3.84. The Kier molecular flexibility index (Phi) is 4.81. The molecule has 0 atom stereocenters. The van der Waals surface area contributed by atoms with Crippen molar-refractivity contribution in [2.75, 3.05) is 13.2 Å². The number of hydrogen-bond donors (Lipinski definition) is 0. The molecule has 112 valence electrons. The summed E-state index contributed by atoms with van der Waals surface area (Å²) in [6.07, 6.45) is 4.03. The highest BCUT2D eigenvalue weighted by atomic mass is 79.9. The van der Waals surface area contributed by atoms with E-state index in [0.29, 0.717) is 13.2 Å². The normalized spacial score (nSPS) is 10.4. The van der Waals surface area contributed by atoms with Gasteiger partial charge in [0.1, 0.15) is 24.7 Å². The summed E-state index contributed by atoms with van der Waals surface area (Å²) < 4.78 is 14.4. The van der Waals surface area contributed by atoms with Crippen LogP contribution in [0.2, 0.25) is 0 Å². The van der Waals surface area contributed by atoms with Crippen molar-refractivity contribution in [3.05, 3.63) is 77.5 Å². The predicted octanol–water partition coefficient (Wildman–Crippen LogP) is 4.70. The molecular weight excluding hydrogens is 342 g/mol. The van der Waals surface area contributed by atoms with Crippen LogP contribution >= 0.6 is 15.9 Å². The first-order valence-electron chi connectivity index (χ1n) is 7.06. The van der Waals surface area contributed by atoms with Gasteiger partial charge < -0.3 is 14.0 Å². The maximum Gasteiger partial charge on any atom is 0.133 e. The molecule has 1 aromatic heterocycles. The lowest BCUT2D eigenvalue weighted by Crippen LogP contribution is -2.09. The highest BCUT2D eigenvalue weighted by molar-refractivity contribution is 9.10. The Morgan fingerprint density at radius 3 is 2.18 bits per heavy atom. The van der Waals surface area contributed by atoms with Gasteiger partial charge in [-0.1, -0.05) is 12.1 Å². The summed E-state index contributed by atoms with van der Waals surface area (Å²) in [5, 5.41) is 0. The van der Waals surface area contributed by atoms with Gasteiger partial charge in [-0.25, -0.2) is 0 Å². The Labute approximate surface area is 138 Å². The maximum atomic E-state index is 5.69. The van der Waals surface area contributed by atoms with Crippen molar-refractivity contribution in [2.45, 2.75) is 0 Å². The third-order valence-electron chi connectivity index (χ3n) is 3.19. The molecule has 0 saturated heterocycles. The molecule has 1 heterocycles. The van der Waals surface area contributed by atoms with Crippen LogP contribution in [0.3, 0.4) is 0 Å². The molecule has 0 unspecified atom stereocenters. The number of nitrogens with zero attached hydrogens (tertiary/aromatic N) is 1. The van der Waals surface area contributed by atoms with E-state index in [1.165, 1.54) is 0 Å². The molecule has 3 aromatic rings. The summed E-state index contributed by atoms with van der Waals surface area (Å²) in [5.41, 5.74) is 1.11. The van der Waals surface area contributed by atoms with Gasteiger partial charge in [-0.2, -0.15) is 0 Å². The molecule has 0 fully saturated rings. The number of hydrogen-bond acceptors (Lipinski definition) is 2. The maximum absolute atomic E-state index is 5.69. The minimum atomic E-state index is 0.502. The summed E-state index contributed by atoms with van der Waals surface area (Å²) >= 11 is 3.45. The monoisotopic (exact) mass is 357 g/mol. The molecule has 4 heteroatoms. The number of aromatic nitrogens is 1. The van der Waals surface area contributed by atoms with E-state index in [4.69, 9.17) is 9.47 Å². The van der Waals surface area contributed by atoms with Gasteiger partial charge in [-0.05, 0) is 64.5 Å². The van der Waals surface area contributed by atoms with Gasteiger partial charge in [0.2, 0.25) is 0 Å². The molecule has 0 bridgehead atoms. The van der Waals surface area contributed by atoms with Crippen molar-refractivity contribution in [2.24, 2.45) is 0 Å². The quantitative estimate of drug-likeness (QED) is 0.597. The molecule has 3 nitrogen and oxygen atoms in total. The van der Waals surface area contributed by atoms with Crippen LogP contribution in [0.1, 0.15) is 0 Å². The van der Waals surface area contributed by atoms with E-state index in [2.05, 4.69) is 20.5 Å². The smallest absolute Gasteiger partial charge is 0.133 e. The van der Waals surface area contributed by atoms with Gasteiger partial charge >= 0.3 is 0 Å². The molecule has 0 amide bonds. The highest BCUT2D eigenvalue weighted by Gasteiger charge is 2.00. The van der Waals surface area contributed by atoms with Crippen LogP contribution in [0.15, 0.2) is 77.5 Å². The Hall–Kier alpha value is -2.20. The topological polar surface area (TPSA) is 23.4 Å². The lowest BCUT2D eigenvalue weighted by atomic mass is 10.3. The largest absolute Gasteiger partial charge is 0.490 e. The van der Waals surface area contributed by atoms with Crippen LogP contribution < -0.4 is 9.47 Å². The van der Waals surface area contributed by atoms with Gasteiger partial charge in [0.15, 0.2) is 0 Å². The zero-order chi connectivity index (χ0) is 15.2. The fourth-order valence-electron chi connectivity index (χ4n) is 2.09. The van der Waals surface area contributed by atoms with Crippen molar-refractivity contribution in [3.8, 4) is 17.2 Å². The predicted molar refractivity (Wildman–Crippen MR) is 90.9 cm³/mol. The van der Waals surface area contributed by atoms with E-state index in [1.807, 2.05) is 73.1 Å². The molecule has 0 saturated carbocycles. The standard InChI is InChI=1S/C18H16BrNO2/c19-17-5-1-2-6-18(17)22-14-13-21-16-9-7-15(8-10-16)20-11-3-4-12-20/h1-12H,13-14H2. The second-order valence-corrected chi connectivity index (χ2v) is 5.57. The summed E-state index contributed by atoms with van der Waals surface area (Å²) in [4.78, 5) is 0. The fourth-order valence-corrected chi connectivity index (χ4v) is 2.49. The molecule has 0 aliphatic carbocycles. The van der Waals surface area contributed by atoms with Crippen LogP contribution in [-0.2, 0) is 0 Å². The minimum Gasteiger partial charge on any atom is -0.490 e. The van der Waals surface area contributed by atoms with E-state index in [1.54, 1.807) is 0 Å². The Morgan fingerprint density at radius 2 is 1.45 bits per heavy atom. The van der Waals surface area contributed by atoms with E-state index in [0.717, 1.165) is 21.7 Å². The molecule has 0 N–H and O–H groups in total. The molecular formula is C18H16BrNO2.